The number of carbonyl (C=O) groups is 3. The fourth-order valence-electron chi connectivity index (χ4n) is 6.74. The van der Waals surface area contributed by atoms with E-state index in [2.05, 4.69) is 15.5 Å². The number of nitrogen functional groups attached to an aromatic ring is 1. The van der Waals surface area contributed by atoms with Crippen molar-refractivity contribution < 1.29 is 29.3 Å². The Morgan fingerprint density at radius 1 is 0.981 bits per heavy atom. The van der Waals surface area contributed by atoms with E-state index < -0.39 is 17.6 Å². The highest BCUT2D eigenvalue weighted by molar-refractivity contribution is 5.88. The first-order valence-corrected chi connectivity index (χ1v) is 18.9. The molecule has 2 aromatic carbocycles. The number of rotatable bonds is 18. The summed E-state index contributed by atoms with van der Waals surface area (Å²) in [5, 5.41) is 31.4. The third-order valence-electron chi connectivity index (χ3n) is 9.90. The number of aliphatic hydroxyl groups is 1. The largest absolute Gasteiger partial charge is 0.507 e. The summed E-state index contributed by atoms with van der Waals surface area (Å²) in [5.74, 6) is 0.247. The number of likely N-dealkylation sites (tertiary alicyclic amines) is 1. The van der Waals surface area contributed by atoms with Gasteiger partial charge in [0.1, 0.15) is 17.5 Å². The summed E-state index contributed by atoms with van der Waals surface area (Å²) < 4.78 is 6.17. The minimum atomic E-state index is -0.643. The lowest BCUT2D eigenvalue weighted by atomic mass is 9.85. The fraction of sp³-hybridized carbons (Fsp3) is 0.537. The lowest BCUT2D eigenvalue weighted by molar-refractivity contribution is -0.140. The van der Waals surface area contributed by atoms with Crippen molar-refractivity contribution in [3.05, 3.63) is 66.2 Å². The molecule has 1 fully saturated rings. The number of phenolic OH excluding ortho intramolecular Hbond substituents is 1. The summed E-state index contributed by atoms with van der Waals surface area (Å²) in [6.45, 7) is 8.78. The Bertz CT molecular complexity index is 1650. The molecule has 3 aromatic rings. The molecule has 0 bridgehead atoms. The lowest BCUT2D eigenvalue weighted by Gasteiger charge is -2.35. The first-order chi connectivity index (χ1) is 25.2. The van der Waals surface area contributed by atoms with Crippen LogP contribution < -0.4 is 15.8 Å². The monoisotopic (exact) mass is 730 g/mol. The van der Waals surface area contributed by atoms with Crippen LogP contribution in [-0.4, -0.2) is 92.9 Å². The van der Waals surface area contributed by atoms with Crippen LogP contribution in [0.4, 0.5) is 5.82 Å². The van der Waals surface area contributed by atoms with Gasteiger partial charge in [-0.2, -0.15) is 0 Å². The van der Waals surface area contributed by atoms with Gasteiger partial charge in [-0.3, -0.25) is 14.4 Å². The number of likely N-dealkylation sites (N-methyl/N-ethyl adjacent to an activating group) is 1. The number of anilines is 1. The molecule has 0 radical (unpaired) electrons. The van der Waals surface area contributed by atoms with Crippen LogP contribution in [0.2, 0.25) is 0 Å². The zero-order chi connectivity index (χ0) is 38.5. The number of aromatic hydroxyl groups is 1. The Labute approximate surface area is 314 Å². The number of β-amino-alcohol motifs (C(OH)–C–C–N with tert-alkyl or cyclic N) is 1. The van der Waals surface area contributed by atoms with Crippen LogP contribution in [0.1, 0.15) is 97.0 Å². The van der Waals surface area contributed by atoms with Crippen LogP contribution in [-0.2, 0) is 14.4 Å². The minimum Gasteiger partial charge on any atom is -0.507 e. The molecule has 12 heteroatoms. The van der Waals surface area contributed by atoms with E-state index in [1.54, 1.807) is 40.1 Å². The van der Waals surface area contributed by atoms with Gasteiger partial charge in [0.05, 0.1) is 12.7 Å². The highest BCUT2D eigenvalue weighted by Crippen LogP contribution is 2.32. The van der Waals surface area contributed by atoms with Crippen molar-refractivity contribution in [2.24, 2.45) is 5.41 Å². The summed E-state index contributed by atoms with van der Waals surface area (Å²) in [4.78, 5) is 42.7. The highest BCUT2D eigenvalue weighted by Gasteiger charge is 2.40. The summed E-state index contributed by atoms with van der Waals surface area (Å²) in [6, 6.07) is 17.7. The molecule has 5 N–H and O–H groups in total. The zero-order valence-electron chi connectivity index (χ0n) is 32.0. The summed E-state index contributed by atoms with van der Waals surface area (Å²) >= 11 is 0. The Kier molecular flexibility index (Phi) is 15.0. The van der Waals surface area contributed by atoms with Crippen LogP contribution in [0.25, 0.3) is 11.3 Å². The van der Waals surface area contributed by atoms with E-state index in [-0.39, 0.29) is 47.9 Å². The summed E-state index contributed by atoms with van der Waals surface area (Å²) in [6.07, 6.45) is 6.11. The van der Waals surface area contributed by atoms with Gasteiger partial charge in [0.2, 0.25) is 17.7 Å². The first-order valence-electron chi connectivity index (χ1n) is 18.9. The third kappa shape index (κ3) is 12.2. The molecule has 1 aromatic heterocycles. The SMILES string of the molecule is C[C@@H]1C[C@@H](O)CN1C(=O)[C@@H](NC(=O)CCCCCCCCC(=O)N(C)CC(COc1cc(-c2ccccc2O)nnc1N)c1ccccc1)C(C)(C)C. The number of para-hydroxylation sites is 1. The molecule has 1 aliphatic rings. The topological polar surface area (TPSA) is 171 Å². The van der Waals surface area contributed by atoms with Gasteiger partial charge in [-0.15, -0.1) is 10.2 Å². The molecule has 0 spiro atoms. The molecule has 4 rings (SSSR count). The van der Waals surface area contributed by atoms with Crippen LogP contribution in [0, 0.1) is 5.41 Å². The van der Waals surface area contributed by atoms with Crippen LogP contribution >= 0.6 is 0 Å². The quantitative estimate of drug-likeness (QED) is 0.120. The number of ether oxygens (including phenoxy) is 1. The second-order valence-corrected chi connectivity index (χ2v) is 15.4. The number of phenols is 1. The molecular weight excluding hydrogens is 672 g/mol. The Morgan fingerprint density at radius 2 is 1.62 bits per heavy atom. The van der Waals surface area contributed by atoms with Crippen molar-refractivity contribution in [3.63, 3.8) is 0 Å². The van der Waals surface area contributed by atoms with Gasteiger partial charge in [0.25, 0.3) is 0 Å². The molecule has 12 nitrogen and oxygen atoms in total. The van der Waals surface area contributed by atoms with E-state index in [9.17, 15) is 24.6 Å². The molecule has 0 saturated carbocycles. The van der Waals surface area contributed by atoms with Gasteiger partial charge < -0.3 is 35.8 Å². The van der Waals surface area contributed by atoms with Gasteiger partial charge in [0.15, 0.2) is 11.6 Å². The molecule has 4 atom stereocenters. The average Bonchev–Trinajstić information content (AvgIpc) is 3.47. The van der Waals surface area contributed by atoms with Crippen LogP contribution in [0.5, 0.6) is 11.5 Å². The molecule has 1 saturated heterocycles. The second kappa shape index (κ2) is 19.4. The van der Waals surface area contributed by atoms with Gasteiger partial charge in [-0.1, -0.05) is 88.9 Å². The molecule has 2 heterocycles. The van der Waals surface area contributed by atoms with Gasteiger partial charge in [-0.25, -0.2) is 0 Å². The van der Waals surface area contributed by atoms with Crippen molar-refractivity contribution >= 4 is 23.5 Å². The predicted octanol–water partition coefficient (Wildman–Crippen LogP) is 5.69. The molecule has 1 aliphatic heterocycles. The molecule has 53 heavy (non-hydrogen) atoms. The molecule has 0 aliphatic carbocycles. The number of aromatic nitrogens is 2. The third-order valence-corrected chi connectivity index (χ3v) is 9.90. The van der Waals surface area contributed by atoms with Crippen LogP contribution in [0.15, 0.2) is 60.7 Å². The average molecular weight is 731 g/mol. The number of nitrogens with two attached hydrogens (primary N) is 1. The van der Waals surface area contributed by atoms with Crippen molar-refractivity contribution in [2.45, 2.75) is 110 Å². The number of nitrogens with zero attached hydrogens (tertiary/aromatic N) is 4. The number of hydrogen-bond donors (Lipinski definition) is 4. The normalized spacial score (nSPS) is 16.9. The van der Waals surface area contributed by atoms with E-state index in [0.717, 1.165) is 44.1 Å². The Hall–Kier alpha value is -4.71. The van der Waals surface area contributed by atoms with E-state index in [4.69, 9.17) is 10.5 Å². The molecule has 1 unspecified atom stereocenters. The second-order valence-electron chi connectivity index (χ2n) is 15.4. The molecule has 288 valence electrons. The van der Waals surface area contributed by atoms with Crippen molar-refractivity contribution in [1.29, 1.82) is 0 Å². The van der Waals surface area contributed by atoms with Crippen molar-refractivity contribution in [3.8, 4) is 22.8 Å². The number of carbonyl (C=O) groups excluding carboxylic acids is 3. The summed E-state index contributed by atoms with van der Waals surface area (Å²) in [7, 11) is 1.81. The number of hydrogen-bond acceptors (Lipinski definition) is 9. The maximum Gasteiger partial charge on any atom is 0.246 e. The van der Waals surface area contributed by atoms with E-state index >= 15 is 0 Å². The van der Waals surface area contributed by atoms with E-state index in [1.807, 2.05) is 65.1 Å². The standard InChI is InChI=1S/C41H58N6O6/c1-28-23-31(48)26-47(28)40(52)38(41(2,3)4)43-36(50)21-13-8-6-7-9-14-22-37(51)46(5)25-30(29-17-11-10-12-18-29)27-53-35-24-33(44-45-39(35)42)32-19-15-16-20-34(32)49/h10-12,15-20,24,28,30-31,38,48-49H,6-9,13-14,21-23,25-27H2,1-5H3,(H2,42,45)(H,43,50)/t28-,30?,31-,38-/m1/s1. The lowest BCUT2D eigenvalue weighted by Crippen LogP contribution is -2.55. The predicted molar refractivity (Wildman–Crippen MR) is 206 cm³/mol. The fourth-order valence-corrected chi connectivity index (χ4v) is 6.74. The smallest absolute Gasteiger partial charge is 0.246 e. The molecule has 3 amide bonds. The van der Waals surface area contributed by atoms with E-state index in [0.29, 0.717) is 49.4 Å². The van der Waals surface area contributed by atoms with Crippen LogP contribution in [0.3, 0.4) is 0 Å². The van der Waals surface area contributed by atoms with Gasteiger partial charge in [0, 0.05) is 56.6 Å². The Morgan fingerprint density at radius 3 is 2.26 bits per heavy atom. The number of aliphatic hydroxyl groups excluding tert-OH is 1. The molecular formula is C41H58N6O6. The van der Waals surface area contributed by atoms with E-state index in [1.165, 1.54) is 0 Å². The number of nitrogens with one attached hydrogen (secondary N) is 1. The summed E-state index contributed by atoms with van der Waals surface area (Å²) in [5.41, 5.74) is 7.64. The number of benzene rings is 2. The minimum absolute atomic E-state index is 0.0511. The van der Waals surface area contributed by atoms with Gasteiger partial charge >= 0.3 is 0 Å². The van der Waals surface area contributed by atoms with Gasteiger partial charge in [-0.05, 0) is 49.3 Å². The number of unbranched alkanes of at least 4 members (excludes halogenated alkanes) is 5. The highest BCUT2D eigenvalue weighted by atomic mass is 16.5. The zero-order valence-corrected chi connectivity index (χ0v) is 32.0. The Balaban J connectivity index is 1.18. The van der Waals surface area contributed by atoms with Crippen molar-refractivity contribution in [1.82, 2.24) is 25.3 Å². The number of amides is 3. The van der Waals surface area contributed by atoms with Crippen molar-refractivity contribution in [2.75, 3.05) is 32.5 Å². The first kappa shape index (κ1) is 41.1. The maximum absolute atomic E-state index is 13.3. The maximum atomic E-state index is 13.3.